The van der Waals surface area contributed by atoms with Crippen LogP contribution in [0.25, 0.3) is 0 Å². The molecule has 3 unspecified atom stereocenters. The average molecular weight is 210 g/mol. The van der Waals surface area contributed by atoms with Crippen LogP contribution in [0.4, 0.5) is 0 Å². The van der Waals surface area contributed by atoms with Crippen LogP contribution in [-0.2, 0) is 6.42 Å². The molecule has 1 aromatic rings. The Bertz CT molecular complexity index is 327. The van der Waals surface area contributed by atoms with Crippen molar-refractivity contribution in [3.8, 4) is 0 Å². The van der Waals surface area contributed by atoms with Crippen LogP contribution in [0.3, 0.4) is 0 Å². The summed E-state index contributed by atoms with van der Waals surface area (Å²) in [4.78, 5) is 0. The van der Waals surface area contributed by atoms with Gasteiger partial charge in [-0.05, 0) is 42.6 Å². The molecule has 1 aromatic heterocycles. The number of aromatic nitrogens is 2. The average Bonchev–Trinajstić information content (AvgIpc) is 2.80. The van der Waals surface area contributed by atoms with Crippen LogP contribution in [0, 0.1) is 11.8 Å². The normalized spacial score (nSPS) is 40.6. The molecule has 0 aromatic carbocycles. The summed E-state index contributed by atoms with van der Waals surface area (Å²) in [6.07, 6.45) is 5.39. The Morgan fingerprint density at radius 1 is 1.64 bits per heavy atom. The van der Waals surface area contributed by atoms with Gasteiger partial charge in [-0.25, -0.2) is 0 Å². The number of nitrogens with zero attached hydrogens (tertiary/aromatic N) is 2. The zero-order valence-corrected chi connectivity index (χ0v) is 8.83. The van der Waals surface area contributed by atoms with Gasteiger partial charge in [0.1, 0.15) is 0 Å². The number of fused-ring (bicyclic) bond motifs is 1. The summed E-state index contributed by atoms with van der Waals surface area (Å²) in [5, 5.41) is 16.5. The molecule has 76 valence electrons. The molecule has 3 nitrogen and oxygen atoms in total. The van der Waals surface area contributed by atoms with Gasteiger partial charge in [-0.1, -0.05) is 10.9 Å². The van der Waals surface area contributed by atoms with Crippen molar-refractivity contribution >= 4 is 11.5 Å². The molecule has 2 aliphatic rings. The Kier molecular flexibility index (Phi) is 1.89. The minimum atomic E-state index is -0.460. The van der Waals surface area contributed by atoms with Gasteiger partial charge in [0, 0.05) is 11.8 Å². The summed E-state index contributed by atoms with van der Waals surface area (Å²) < 4.78 is 3.84. The fraction of sp³-hybridized carbons (Fsp3) is 0.800. The maximum absolute atomic E-state index is 10.5. The monoisotopic (exact) mass is 210 g/mol. The Morgan fingerprint density at radius 2 is 2.57 bits per heavy atom. The van der Waals surface area contributed by atoms with Crippen molar-refractivity contribution in [1.82, 2.24) is 9.59 Å². The fourth-order valence-electron chi connectivity index (χ4n) is 2.87. The molecule has 0 bridgehead atoms. The highest BCUT2D eigenvalue weighted by atomic mass is 32.1. The van der Waals surface area contributed by atoms with Gasteiger partial charge in [-0.2, -0.15) is 0 Å². The molecule has 2 aliphatic carbocycles. The lowest BCUT2D eigenvalue weighted by Gasteiger charge is -2.31. The van der Waals surface area contributed by atoms with Gasteiger partial charge in [-0.15, -0.1) is 5.10 Å². The standard InChI is InChI=1S/C10H14N2OS/c13-10(5-8-6-14-12-11-8)3-1-2-7-4-9(7)10/h6-7,9,13H,1-5H2. The summed E-state index contributed by atoms with van der Waals surface area (Å²) in [6, 6.07) is 0. The molecule has 0 aliphatic heterocycles. The van der Waals surface area contributed by atoms with Gasteiger partial charge in [-0.3, -0.25) is 0 Å². The first kappa shape index (κ1) is 8.80. The van der Waals surface area contributed by atoms with Crippen molar-refractivity contribution in [1.29, 1.82) is 0 Å². The lowest BCUT2D eigenvalue weighted by molar-refractivity contribution is -0.0112. The maximum atomic E-state index is 10.5. The van der Waals surface area contributed by atoms with Gasteiger partial charge in [0.15, 0.2) is 0 Å². The van der Waals surface area contributed by atoms with E-state index in [9.17, 15) is 5.11 Å². The molecule has 0 saturated heterocycles. The first-order valence-corrected chi connectivity index (χ1v) is 6.10. The van der Waals surface area contributed by atoms with Gasteiger partial charge in [0.2, 0.25) is 0 Å². The molecule has 0 spiro atoms. The molecule has 0 radical (unpaired) electrons. The second-order valence-electron chi connectivity index (χ2n) is 4.67. The van der Waals surface area contributed by atoms with E-state index < -0.39 is 5.60 Å². The van der Waals surface area contributed by atoms with Crippen molar-refractivity contribution in [2.75, 3.05) is 0 Å². The molecule has 1 heterocycles. The van der Waals surface area contributed by atoms with Crippen LogP contribution >= 0.6 is 11.5 Å². The van der Waals surface area contributed by atoms with Crippen LogP contribution < -0.4 is 0 Å². The van der Waals surface area contributed by atoms with E-state index >= 15 is 0 Å². The summed E-state index contributed by atoms with van der Waals surface area (Å²) in [6.45, 7) is 0. The van der Waals surface area contributed by atoms with E-state index in [-0.39, 0.29) is 0 Å². The van der Waals surface area contributed by atoms with Crippen LogP contribution in [0.1, 0.15) is 31.4 Å². The predicted octanol–water partition coefficient (Wildman–Crippen LogP) is 1.63. The molecule has 2 saturated carbocycles. The summed E-state index contributed by atoms with van der Waals surface area (Å²) >= 11 is 1.37. The van der Waals surface area contributed by atoms with Gasteiger partial charge in [0.05, 0.1) is 11.3 Å². The minimum absolute atomic E-state index is 0.460. The zero-order chi connectivity index (χ0) is 9.60. The smallest absolute Gasteiger partial charge is 0.0784 e. The fourth-order valence-corrected chi connectivity index (χ4v) is 3.33. The second kappa shape index (κ2) is 3.00. The van der Waals surface area contributed by atoms with Crippen molar-refractivity contribution in [3.05, 3.63) is 11.1 Å². The van der Waals surface area contributed by atoms with E-state index in [4.69, 9.17) is 0 Å². The highest BCUT2D eigenvalue weighted by molar-refractivity contribution is 7.03. The summed E-state index contributed by atoms with van der Waals surface area (Å²) in [7, 11) is 0. The lowest BCUT2D eigenvalue weighted by Crippen LogP contribution is -2.37. The topological polar surface area (TPSA) is 46.0 Å². The summed E-state index contributed by atoms with van der Waals surface area (Å²) in [5.41, 5.74) is 0.503. The van der Waals surface area contributed by atoms with E-state index in [2.05, 4.69) is 9.59 Å². The SMILES string of the molecule is OC1(Cc2csnn2)CCCC2CC21. The molecule has 3 atom stereocenters. The molecular weight excluding hydrogens is 196 g/mol. The third-order valence-electron chi connectivity index (χ3n) is 3.69. The first-order chi connectivity index (χ1) is 6.78. The summed E-state index contributed by atoms with van der Waals surface area (Å²) in [5.74, 6) is 1.36. The third-order valence-corrected chi connectivity index (χ3v) is 4.24. The van der Waals surface area contributed by atoms with E-state index in [0.717, 1.165) is 18.0 Å². The minimum Gasteiger partial charge on any atom is -0.389 e. The lowest BCUT2D eigenvalue weighted by atomic mass is 9.81. The van der Waals surface area contributed by atoms with Gasteiger partial charge in [0.25, 0.3) is 0 Å². The molecule has 0 amide bonds. The molecule has 4 heteroatoms. The van der Waals surface area contributed by atoms with E-state index in [0.29, 0.717) is 12.3 Å². The molecule has 1 N–H and O–H groups in total. The molecule has 14 heavy (non-hydrogen) atoms. The number of rotatable bonds is 2. The number of aliphatic hydroxyl groups is 1. The Labute approximate surface area is 87.3 Å². The largest absolute Gasteiger partial charge is 0.389 e. The predicted molar refractivity (Wildman–Crippen MR) is 54.0 cm³/mol. The van der Waals surface area contributed by atoms with E-state index in [1.807, 2.05) is 5.38 Å². The first-order valence-electron chi connectivity index (χ1n) is 5.26. The quantitative estimate of drug-likeness (QED) is 0.807. The number of hydrogen-bond donors (Lipinski definition) is 1. The Hall–Kier alpha value is -0.480. The van der Waals surface area contributed by atoms with Crippen molar-refractivity contribution in [2.24, 2.45) is 11.8 Å². The molecule has 3 rings (SSSR count). The number of hydrogen-bond acceptors (Lipinski definition) is 4. The van der Waals surface area contributed by atoms with Crippen LogP contribution in [0.15, 0.2) is 5.38 Å². The van der Waals surface area contributed by atoms with Gasteiger partial charge >= 0.3 is 0 Å². The van der Waals surface area contributed by atoms with Crippen LogP contribution in [0.2, 0.25) is 0 Å². The van der Waals surface area contributed by atoms with Gasteiger partial charge < -0.3 is 5.11 Å². The molecule has 2 fully saturated rings. The highest BCUT2D eigenvalue weighted by Gasteiger charge is 2.53. The van der Waals surface area contributed by atoms with Crippen LogP contribution in [0.5, 0.6) is 0 Å². The maximum Gasteiger partial charge on any atom is 0.0784 e. The van der Waals surface area contributed by atoms with Crippen molar-refractivity contribution in [3.63, 3.8) is 0 Å². The third kappa shape index (κ3) is 1.37. The van der Waals surface area contributed by atoms with E-state index in [1.165, 1.54) is 30.8 Å². The van der Waals surface area contributed by atoms with Crippen molar-refractivity contribution < 1.29 is 5.11 Å². The Balaban J connectivity index is 1.76. The highest BCUT2D eigenvalue weighted by Crippen LogP contribution is 2.55. The van der Waals surface area contributed by atoms with Crippen molar-refractivity contribution in [2.45, 2.75) is 37.7 Å². The second-order valence-corrected chi connectivity index (χ2v) is 5.28. The Morgan fingerprint density at radius 3 is 3.36 bits per heavy atom. The van der Waals surface area contributed by atoms with E-state index in [1.54, 1.807) is 0 Å². The molecular formula is C10H14N2OS. The zero-order valence-electron chi connectivity index (χ0n) is 8.02. The van der Waals surface area contributed by atoms with Crippen LogP contribution in [-0.4, -0.2) is 20.3 Å².